The van der Waals surface area contributed by atoms with Gasteiger partial charge in [0, 0.05) is 13.1 Å². The first-order valence-electron chi connectivity index (χ1n) is 6.82. The minimum Gasteiger partial charge on any atom is -0.341 e. The third-order valence-corrected chi connectivity index (χ3v) is 4.94. The Bertz CT molecular complexity index is 679. The molecule has 7 nitrogen and oxygen atoms in total. The number of hydrogen-bond acceptors (Lipinski definition) is 6. The molecule has 0 spiro atoms. The van der Waals surface area contributed by atoms with Crippen LogP contribution in [-0.4, -0.2) is 39.5 Å². The quantitative estimate of drug-likeness (QED) is 0.813. The van der Waals surface area contributed by atoms with E-state index in [0.717, 1.165) is 28.7 Å². The van der Waals surface area contributed by atoms with Gasteiger partial charge in [0.1, 0.15) is 0 Å². The maximum atomic E-state index is 11.7. The van der Waals surface area contributed by atoms with Crippen LogP contribution in [0, 0.1) is 0 Å². The largest absolute Gasteiger partial charge is 0.341 e. The molecular weight excluding hydrogens is 322 g/mol. The van der Waals surface area contributed by atoms with E-state index in [4.69, 9.17) is 0 Å². The number of carbonyl (C=O) groups excluding carboxylic acids is 2. The van der Waals surface area contributed by atoms with Gasteiger partial charge in [-0.05, 0) is 24.3 Å². The predicted octanol–water partition coefficient (Wildman–Crippen LogP) is 1.89. The Hall–Kier alpha value is -1.87. The summed E-state index contributed by atoms with van der Waals surface area (Å²) in [6.07, 6.45) is 2.21. The second-order valence-electron chi connectivity index (χ2n) is 4.80. The average Bonchev–Trinajstić information content (AvgIpc) is 3.03. The number of nitrogens with one attached hydrogen (secondary N) is 2. The average molecular weight is 337 g/mol. The van der Waals surface area contributed by atoms with Crippen LogP contribution < -0.4 is 10.6 Å². The number of nitrogens with zero attached hydrogens (tertiary/aromatic N) is 3. The lowest BCUT2D eigenvalue weighted by Gasteiger charge is -2.07. The van der Waals surface area contributed by atoms with Crippen molar-refractivity contribution in [3.8, 4) is 10.7 Å². The topological polar surface area (TPSA) is 88.9 Å². The minimum atomic E-state index is -0.506. The highest BCUT2D eigenvalue weighted by Crippen LogP contribution is 2.41. The molecular formula is C13H15N5O2S2. The number of rotatable bonds is 5. The second kappa shape index (κ2) is 6.49. The highest BCUT2D eigenvalue weighted by molar-refractivity contribution is 7.99. The summed E-state index contributed by atoms with van der Waals surface area (Å²) in [6, 6.07) is 3.90. The molecule has 0 aromatic carbocycles. The highest BCUT2D eigenvalue weighted by atomic mass is 32.2. The SMILES string of the molecule is CNC(=O)NC(=O)CSc1nnc(-c2cccs2)n1C1CC1. The van der Waals surface area contributed by atoms with E-state index >= 15 is 0 Å². The lowest BCUT2D eigenvalue weighted by Crippen LogP contribution is -2.38. The molecule has 1 saturated carbocycles. The molecule has 1 aliphatic rings. The van der Waals surface area contributed by atoms with E-state index < -0.39 is 6.03 Å². The van der Waals surface area contributed by atoms with Gasteiger partial charge in [0.25, 0.3) is 0 Å². The number of carbonyl (C=O) groups is 2. The molecule has 1 fully saturated rings. The van der Waals surface area contributed by atoms with Crippen LogP contribution in [-0.2, 0) is 4.79 Å². The number of thioether (sulfide) groups is 1. The lowest BCUT2D eigenvalue weighted by molar-refractivity contribution is -0.117. The summed E-state index contributed by atoms with van der Waals surface area (Å²) in [7, 11) is 1.47. The zero-order valence-electron chi connectivity index (χ0n) is 11.9. The first-order chi connectivity index (χ1) is 10.7. The smallest absolute Gasteiger partial charge is 0.321 e. The number of amides is 3. The van der Waals surface area contributed by atoms with Gasteiger partial charge in [0.05, 0.1) is 10.6 Å². The maximum Gasteiger partial charge on any atom is 0.321 e. The Morgan fingerprint density at radius 3 is 2.91 bits per heavy atom. The van der Waals surface area contributed by atoms with Crippen molar-refractivity contribution < 1.29 is 9.59 Å². The van der Waals surface area contributed by atoms with Crippen molar-refractivity contribution in [2.24, 2.45) is 0 Å². The first kappa shape index (κ1) is 15.0. The third kappa shape index (κ3) is 3.30. The third-order valence-electron chi connectivity index (χ3n) is 3.13. The van der Waals surface area contributed by atoms with Gasteiger partial charge in [-0.1, -0.05) is 17.8 Å². The van der Waals surface area contributed by atoms with E-state index in [1.165, 1.54) is 18.8 Å². The molecule has 2 aromatic heterocycles. The van der Waals surface area contributed by atoms with E-state index in [1.54, 1.807) is 11.3 Å². The highest BCUT2D eigenvalue weighted by Gasteiger charge is 2.30. The number of imide groups is 1. The van der Waals surface area contributed by atoms with Crippen molar-refractivity contribution in [2.45, 2.75) is 24.0 Å². The Morgan fingerprint density at radius 2 is 2.27 bits per heavy atom. The van der Waals surface area contributed by atoms with Crippen LogP contribution in [0.5, 0.6) is 0 Å². The summed E-state index contributed by atoms with van der Waals surface area (Å²) in [4.78, 5) is 23.8. The summed E-state index contributed by atoms with van der Waals surface area (Å²) in [5, 5.41) is 15.8. The van der Waals surface area contributed by atoms with E-state index in [9.17, 15) is 9.59 Å². The molecule has 3 rings (SSSR count). The summed E-state index contributed by atoms with van der Waals surface area (Å²) >= 11 is 2.92. The normalized spacial score (nSPS) is 13.9. The van der Waals surface area contributed by atoms with Gasteiger partial charge in [-0.25, -0.2) is 4.79 Å². The summed E-state index contributed by atoms with van der Waals surface area (Å²) in [5.41, 5.74) is 0. The molecule has 0 radical (unpaired) electrons. The predicted molar refractivity (Wildman–Crippen MR) is 84.9 cm³/mol. The van der Waals surface area contributed by atoms with Crippen LogP contribution in [0.25, 0.3) is 10.7 Å². The van der Waals surface area contributed by atoms with Gasteiger partial charge in [-0.3, -0.25) is 14.7 Å². The van der Waals surface area contributed by atoms with Crippen molar-refractivity contribution in [2.75, 3.05) is 12.8 Å². The number of hydrogen-bond donors (Lipinski definition) is 2. The number of aromatic nitrogens is 3. The maximum absolute atomic E-state index is 11.7. The van der Waals surface area contributed by atoms with Crippen LogP contribution in [0.15, 0.2) is 22.7 Å². The van der Waals surface area contributed by atoms with Gasteiger partial charge in [0.15, 0.2) is 11.0 Å². The Balaban J connectivity index is 1.72. The molecule has 1 aliphatic carbocycles. The van der Waals surface area contributed by atoms with E-state index in [1.807, 2.05) is 17.5 Å². The van der Waals surface area contributed by atoms with Crippen LogP contribution in [0.2, 0.25) is 0 Å². The van der Waals surface area contributed by atoms with Gasteiger partial charge < -0.3 is 5.32 Å². The van der Waals surface area contributed by atoms with Crippen LogP contribution in [0.4, 0.5) is 4.79 Å². The zero-order valence-corrected chi connectivity index (χ0v) is 13.5. The standard InChI is InChI=1S/C13H15N5O2S2/c1-14-12(20)15-10(19)7-22-13-17-16-11(9-3-2-6-21-9)18(13)8-4-5-8/h2-3,6,8H,4-5,7H2,1H3,(H2,14,15,19,20). The van der Waals surface area contributed by atoms with Gasteiger partial charge in [-0.2, -0.15) is 0 Å². The molecule has 116 valence electrons. The number of thiophene rings is 1. The summed E-state index contributed by atoms with van der Waals surface area (Å²) in [5.74, 6) is 0.627. The van der Waals surface area contributed by atoms with Crippen molar-refractivity contribution in [3.63, 3.8) is 0 Å². The second-order valence-corrected chi connectivity index (χ2v) is 6.69. The molecule has 22 heavy (non-hydrogen) atoms. The van der Waals surface area contributed by atoms with E-state index in [0.29, 0.717) is 6.04 Å². The molecule has 3 amide bonds. The van der Waals surface area contributed by atoms with Gasteiger partial charge in [0.2, 0.25) is 5.91 Å². The zero-order chi connectivity index (χ0) is 15.5. The number of urea groups is 1. The fraction of sp³-hybridized carbons (Fsp3) is 0.385. The molecule has 2 aromatic rings. The Kier molecular flexibility index (Phi) is 4.44. The lowest BCUT2D eigenvalue weighted by atomic mass is 10.4. The van der Waals surface area contributed by atoms with Crippen molar-refractivity contribution in [3.05, 3.63) is 17.5 Å². The van der Waals surface area contributed by atoms with E-state index in [-0.39, 0.29) is 11.7 Å². The molecule has 2 N–H and O–H groups in total. The van der Waals surface area contributed by atoms with Crippen molar-refractivity contribution in [1.29, 1.82) is 0 Å². The van der Waals surface area contributed by atoms with Crippen molar-refractivity contribution >= 4 is 35.0 Å². The van der Waals surface area contributed by atoms with Crippen LogP contribution >= 0.6 is 23.1 Å². The Labute approximate surface area is 135 Å². The van der Waals surface area contributed by atoms with E-state index in [2.05, 4.69) is 25.4 Å². The van der Waals surface area contributed by atoms with Crippen molar-refractivity contribution in [1.82, 2.24) is 25.4 Å². The first-order valence-corrected chi connectivity index (χ1v) is 8.68. The minimum absolute atomic E-state index is 0.128. The molecule has 0 bridgehead atoms. The molecule has 2 heterocycles. The molecule has 0 saturated heterocycles. The summed E-state index contributed by atoms with van der Waals surface area (Å²) < 4.78 is 2.10. The monoisotopic (exact) mass is 337 g/mol. The van der Waals surface area contributed by atoms with Crippen LogP contribution in [0.1, 0.15) is 18.9 Å². The molecule has 0 unspecified atom stereocenters. The van der Waals surface area contributed by atoms with Crippen LogP contribution in [0.3, 0.4) is 0 Å². The van der Waals surface area contributed by atoms with Gasteiger partial charge >= 0.3 is 6.03 Å². The fourth-order valence-electron chi connectivity index (χ4n) is 1.97. The molecule has 0 atom stereocenters. The van der Waals surface area contributed by atoms with Gasteiger partial charge in [-0.15, -0.1) is 21.5 Å². The Morgan fingerprint density at radius 1 is 1.45 bits per heavy atom. The fourth-order valence-corrected chi connectivity index (χ4v) is 3.48. The molecule has 0 aliphatic heterocycles. The summed E-state index contributed by atoms with van der Waals surface area (Å²) in [6.45, 7) is 0. The molecule has 9 heteroatoms.